The first-order valence-corrected chi connectivity index (χ1v) is 13.0. The van der Waals surface area contributed by atoms with Gasteiger partial charge in [0.1, 0.15) is 6.07 Å². The third-order valence-corrected chi connectivity index (χ3v) is 10.8. The van der Waals surface area contributed by atoms with Gasteiger partial charge in [0.15, 0.2) is 0 Å². The van der Waals surface area contributed by atoms with E-state index < -0.39 is 0 Å². The molecule has 1 heterocycles. The van der Waals surface area contributed by atoms with Gasteiger partial charge in [0.2, 0.25) is 0 Å². The Balaban J connectivity index is 1.29. The third kappa shape index (κ3) is 3.56. The van der Waals surface area contributed by atoms with Gasteiger partial charge in [-0.05, 0) is 111 Å². The lowest BCUT2D eigenvalue weighted by molar-refractivity contribution is -0.109. The second kappa shape index (κ2) is 7.91. The Morgan fingerprint density at radius 3 is 2.71 bits per heavy atom. The van der Waals surface area contributed by atoms with Crippen molar-refractivity contribution in [3.63, 3.8) is 0 Å². The first kappa shape index (κ1) is 21.5. The molecule has 4 heteroatoms. The Morgan fingerprint density at radius 1 is 1.16 bits per heavy atom. The summed E-state index contributed by atoms with van der Waals surface area (Å²) in [5, 5.41) is 24.5. The molecule has 4 saturated carbocycles. The molecule has 1 aromatic heterocycles. The highest BCUT2D eigenvalue weighted by atomic mass is 16.3. The molecule has 0 amide bonds. The van der Waals surface area contributed by atoms with Gasteiger partial charge in [-0.2, -0.15) is 10.4 Å². The molecule has 0 unspecified atom stereocenters. The number of nitriles is 1. The number of rotatable bonds is 4. The van der Waals surface area contributed by atoms with Gasteiger partial charge < -0.3 is 5.11 Å². The minimum Gasteiger partial charge on any atom is -0.390 e. The summed E-state index contributed by atoms with van der Waals surface area (Å²) in [6, 6.07) is 2.21. The SMILES string of the molecule is CC[C@@]1(O)CC[C@H]2[C@H](CC[C@@H]3[C@@H]2CC[C@]2(C)[C@@H]([C@H](C)Cn4cc(C#N)cn4)CC[C@@H]32)C1. The Bertz CT molecular complexity index is 842. The number of aromatic nitrogens is 2. The molecule has 1 N–H and O–H groups in total. The molecule has 31 heavy (non-hydrogen) atoms. The summed E-state index contributed by atoms with van der Waals surface area (Å²) in [4.78, 5) is 0. The van der Waals surface area contributed by atoms with Crippen LogP contribution in [0.1, 0.15) is 90.5 Å². The standard InChI is InChI=1S/C27H41N3O/c1-4-27(31)12-10-21-20(13-27)5-6-23-22(21)9-11-26(3)24(7-8-25(23)26)18(2)16-30-17-19(14-28)15-29-30/h15,17-18,20-25,31H,4-13,16H2,1-3H3/t18-,20-,21+,22-,23-,24-,25+,26-,27-/m1/s1. The van der Waals surface area contributed by atoms with Crippen molar-refractivity contribution in [2.45, 2.75) is 97.1 Å². The fraction of sp³-hybridized carbons (Fsp3) is 0.852. The van der Waals surface area contributed by atoms with E-state index in [0.29, 0.717) is 16.9 Å². The van der Waals surface area contributed by atoms with E-state index in [1.54, 1.807) is 6.20 Å². The third-order valence-electron chi connectivity index (χ3n) is 10.8. The maximum absolute atomic E-state index is 10.9. The molecule has 0 bridgehead atoms. The maximum atomic E-state index is 10.9. The lowest BCUT2D eigenvalue weighted by atomic mass is 9.48. The van der Waals surface area contributed by atoms with E-state index in [9.17, 15) is 5.11 Å². The lowest BCUT2D eigenvalue weighted by Crippen LogP contribution is -2.51. The topological polar surface area (TPSA) is 61.8 Å². The molecular weight excluding hydrogens is 382 g/mol. The molecule has 9 atom stereocenters. The van der Waals surface area contributed by atoms with Crippen molar-refractivity contribution in [1.29, 1.82) is 5.26 Å². The van der Waals surface area contributed by atoms with Crippen molar-refractivity contribution in [3.8, 4) is 6.07 Å². The van der Waals surface area contributed by atoms with Crippen LogP contribution < -0.4 is 0 Å². The van der Waals surface area contributed by atoms with Gasteiger partial charge in [-0.25, -0.2) is 0 Å². The molecule has 5 rings (SSSR count). The molecule has 0 aromatic carbocycles. The average molecular weight is 424 g/mol. The Hall–Kier alpha value is -1.34. The molecule has 4 nitrogen and oxygen atoms in total. The summed E-state index contributed by atoms with van der Waals surface area (Å²) in [6.45, 7) is 8.14. The zero-order valence-electron chi connectivity index (χ0n) is 19.8. The number of fused-ring (bicyclic) bond motifs is 5. The Labute approximate surface area is 188 Å². The molecule has 0 spiro atoms. The number of hydrogen-bond acceptors (Lipinski definition) is 3. The van der Waals surface area contributed by atoms with Crippen molar-refractivity contribution in [1.82, 2.24) is 9.78 Å². The molecule has 4 fully saturated rings. The smallest absolute Gasteiger partial charge is 0.102 e. The predicted molar refractivity (Wildman–Crippen MR) is 122 cm³/mol. The first-order chi connectivity index (χ1) is 14.9. The van der Waals surface area contributed by atoms with E-state index in [2.05, 4.69) is 31.9 Å². The van der Waals surface area contributed by atoms with E-state index in [4.69, 9.17) is 5.26 Å². The maximum Gasteiger partial charge on any atom is 0.102 e. The van der Waals surface area contributed by atoms with Crippen molar-refractivity contribution < 1.29 is 5.11 Å². The fourth-order valence-electron chi connectivity index (χ4n) is 9.20. The number of hydrogen-bond donors (Lipinski definition) is 1. The molecule has 0 radical (unpaired) electrons. The van der Waals surface area contributed by atoms with Crippen LogP contribution in [0, 0.1) is 58.2 Å². The molecule has 0 aliphatic heterocycles. The van der Waals surface area contributed by atoms with Crippen LogP contribution in [-0.4, -0.2) is 20.5 Å². The van der Waals surface area contributed by atoms with E-state index >= 15 is 0 Å². The number of nitrogens with zero attached hydrogens (tertiary/aromatic N) is 3. The summed E-state index contributed by atoms with van der Waals surface area (Å²) >= 11 is 0. The molecular formula is C27H41N3O. The van der Waals surface area contributed by atoms with E-state index in [1.165, 1.54) is 44.9 Å². The van der Waals surface area contributed by atoms with Crippen LogP contribution in [0.4, 0.5) is 0 Å². The van der Waals surface area contributed by atoms with Crippen molar-refractivity contribution >= 4 is 0 Å². The van der Waals surface area contributed by atoms with Crippen LogP contribution in [-0.2, 0) is 6.54 Å². The van der Waals surface area contributed by atoms with E-state index in [-0.39, 0.29) is 5.60 Å². The quantitative estimate of drug-likeness (QED) is 0.665. The number of aliphatic hydroxyl groups is 1. The largest absolute Gasteiger partial charge is 0.390 e. The van der Waals surface area contributed by atoms with Crippen LogP contribution in [0.2, 0.25) is 0 Å². The van der Waals surface area contributed by atoms with Crippen LogP contribution in [0.15, 0.2) is 12.4 Å². The van der Waals surface area contributed by atoms with Gasteiger partial charge >= 0.3 is 0 Å². The molecule has 170 valence electrons. The highest BCUT2D eigenvalue weighted by molar-refractivity contribution is 5.21. The van der Waals surface area contributed by atoms with Gasteiger partial charge in [-0.15, -0.1) is 0 Å². The first-order valence-electron chi connectivity index (χ1n) is 13.0. The fourth-order valence-corrected chi connectivity index (χ4v) is 9.20. The molecule has 4 aliphatic carbocycles. The van der Waals surface area contributed by atoms with E-state index in [1.807, 2.05) is 10.9 Å². The lowest BCUT2D eigenvalue weighted by Gasteiger charge is -2.57. The van der Waals surface area contributed by atoms with Crippen LogP contribution in [0.25, 0.3) is 0 Å². The van der Waals surface area contributed by atoms with Gasteiger partial charge in [0.25, 0.3) is 0 Å². The summed E-state index contributed by atoms with van der Waals surface area (Å²) in [6.07, 6.45) is 16.2. The molecule has 0 saturated heterocycles. The van der Waals surface area contributed by atoms with Gasteiger partial charge in [-0.1, -0.05) is 20.8 Å². The predicted octanol–water partition coefficient (Wildman–Crippen LogP) is 5.80. The summed E-state index contributed by atoms with van der Waals surface area (Å²) in [5.74, 6) is 5.73. The average Bonchev–Trinajstić information content (AvgIpc) is 3.36. The molecule has 4 aliphatic rings. The van der Waals surface area contributed by atoms with E-state index in [0.717, 1.165) is 61.3 Å². The second-order valence-electron chi connectivity index (χ2n) is 12.0. The second-order valence-corrected chi connectivity index (χ2v) is 12.0. The minimum atomic E-state index is -0.372. The van der Waals surface area contributed by atoms with Crippen molar-refractivity contribution in [2.75, 3.05) is 0 Å². The molecule has 1 aromatic rings. The Morgan fingerprint density at radius 2 is 1.97 bits per heavy atom. The monoisotopic (exact) mass is 423 g/mol. The zero-order chi connectivity index (χ0) is 21.8. The van der Waals surface area contributed by atoms with Gasteiger partial charge in [0.05, 0.1) is 17.4 Å². The van der Waals surface area contributed by atoms with Crippen molar-refractivity contribution in [2.24, 2.45) is 46.8 Å². The highest BCUT2D eigenvalue weighted by Gasteiger charge is 2.58. The van der Waals surface area contributed by atoms with Gasteiger partial charge in [-0.3, -0.25) is 4.68 Å². The summed E-state index contributed by atoms with van der Waals surface area (Å²) in [5.41, 5.74) is 0.767. The minimum absolute atomic E-state index is 0.372. The summed E-state index contributed by atoms with van der Waals surface area (Å²) < 4.78 is 1.99. The Kier molecular flexibility index (Phi) is 5.48. The highest BCUT2D eigenvalue weighted by Crippen LogP contribution is 2.65. The van der Waals surface area contributed by atoms with Gasteiger partial charge in [0, 0.05) is 12.7 Å². The van der Waals surface area contributed by atoms with Crippen molar-refractivity contribution in [3.05, 3.63) is 18.0 Å². The van der Waals surface area contributed by atoms with Crippen LogP contribution >= 0.6 is 0 Å². The summed E-state index contributed by atoms with van der Waals surface area (Å²) in [7, 11) is 0. The normalized spacial score (nSPS) is 45.3. The van der Waals surface area contributed by atoms with Crippen LogP contribution in [0.5, 0.6) is 0 Å². The zero-order valence-corrected chi connectivity index (χ0v) is 19.8. The van der Waals surface area contributed by atoms with Crippen LogP contribution in [0.3, 0.4) is 0 Å².